The Labute approximate surface area is 257 Å². The first-order valence-corrected chi connectivity index (χ1v) is 18.2. The normalized spacial score (nSPS) is 18.0. The molecule has 2 atom stereocenters. The SMILES string of the molecule is CCCCCCCCCCCCCCCCOCC(COP(=O)(O)OCC=C1CCC[N+]1(C)C)OCc1ccccc1. The third kappa shape index (κ3) is 17.9. The molecule has 0 amide bonds. The molecule has 0 bridgehead atoms. The van der Waals surface area contributed by atoms with Crippen LogP contribution in [0.5, 0.6) is 0 Å². The minimum absolute atomic E-state index is 0.0515. The molecule has 7 nitrogen and oxygen atoms in total. The van der Waals surface area contributed by atoms with Crippen LogP contribution in [0.2, 0.25) is 0 Å². The van der Waals surface area contributed by atoms with Crippen molar-refractivity contribution in [3.8, 4) is 0 Å². The fraction of sp³-hybridized carbons (Fsp3) is 0.765. The van der Waals surface area contributed by atoms with Crippen LogP contribution in [-0.2, 0) is 29.7 Å². The molecule has 0 aromatic heterocycles. The van der Waals surface area contributed by atoms with E-state index >= 15 is 0 Å². The van der Waals surface area contributed by atoms with Crippen molar-refractivity contribution in [1.29, 1.82) is 0 Å². The number of nitrogens with zero attached hydrogens (tertiary/aromatic N) is 1. The number of phosphoric ester groups is 1. The second-order valence-corrected chi connectivity index (χ2v) is 13.8. The average Bonchev–Trinajstić information content (AvgIpc) is 3.31. The van der Waals surface area contributed by atoms with E-state index in [0.29, 0.717) is 19.8 Å². The van der Waals surface area contributed by atoms with Gasteiger partial charge in [-0.1, -0.05) is 121 Å². The minimum atomic E-state index is -4.20. The molecule has 0 aliphatic carbocycles. The van der Waals surface area contributed by atoms with Gasteiger partial charge >= 0.3 is 7.82 Å². The second-order valence-electron chi connectivity index (χ2n) is 12.4. The number of unbranched alkanes of at least 4 members (excludes halogenated alkanes) is 13. The lowest BCUT2D eigenvalue weighted by Crippen LogP contribution is -2.34. The van der Waals surface area contributed by atoms with E-state index < -0.39 is 13.9 Å². The Kier molecular flexibility index (Phi) is 19.9. The van der Waals surface area contributed by atoms with Gasteiger partial charge in [-0.2, -0.15) is 0 Å². The monoisotopic (exact) mass is 610 g/mol. The predicted octanol–water partition coefficient (Wildman–Crippen LogP) is 8.96. The number of phosphoric acid groups is 1. The summed E-state index contributed by atoms with van der Waals surface area (Å²) in [6.45, 7) is 4.66. The molecule has 1 saturated heterocycles. The van der Waals surface area contributed by atoms with Crippen molar-refractivity contribution in [3.05, 3.63) is 47.7 Å². The van der Waals surface area contributed by atoms with Gasteiger partial charge in [0.25, 0.3) is 0 Å². The number of benzene rings is 1. The lowest BCUT2D eigenvalue weighted by molar-refractivity contribution is -0.842. The second kappa shape index (κ2) is 22.5. The topological polar surface area (TPSA) is 74.2 Å². The fourth-order valence-corrected chi connectivity index (χ4v) is 6.13. The zero-order chi connectivity index (χ0) is 30.4. The highest BCUT2D eigenvalue weighted by Gasteiger charge is 2.29. The van der Waals surface area contributed by atoms with E-state index in [2.05, 4.69) is 21.0 Å². The van der Waals surface area contributed by atoms with Crippen LogP contribution in [0.1, 0.15) is 115 Å². The van der Waals surface area contributed by atoms with Gasteiger partial charge < -0.3 is 14.4 Å². The van der Waals surface area contributed by atoms with Gasteiger partial charge in [0, 0.05) is 19.4 Å². The third-order valence-corrected chi connectivity index (χ3v) is 9.13. The van der Waals surface area contributed by atoms with Crippen LogP contribution in [-0.4, -0.2) is 62.5 Å². The van der Waals surface area contributed by atoms with E-state index in [4.69, 9.17) is 18.5 Å². The van der Waals surface area contributed by atoms with Crippen LogP contribution < -0.4 is 0 Å². The molecular weight excluding hydrogens is 549 g/mol. The number of hydrogen-bond acceptors (Lipinski definition) is 5. The largest absolute Gasteiger partial charge is 0.472 e. The smallest absolute Gasteiger partial charge is 0.379 e. The summed E-state index contributed by atoms with van der Waals surface area (Å²) < 4.78 is 35.8. The van der Waals surface area contributed by atoms with Crippen molar-refractivity contribution in [3.63, 3.8) is 0 Å². The van der Waals surface area contributed by atoms with Gasteiger partial charge in [0.1, 0.15) is 11.8 Å². The standard InChI is InChI=1S/C34H60NO6P/c1-4-5-6-7-8-9-10-11-12-13-14-15-16-20-27-38-30-34(39-29-32-22-18-17-19-23-32)31-41-42(36,37)40-28-25-33-24-21-26-35(33,2)3/h17-19,22-23,25,34H,4-16,20-21,24,26-31H2,1-3H3/p+1. The summed E-state index contributed by atoms with van der Waals surface area (Å²) in [4.78, 5) is 10.2. The van der Waals surface area contributed by atoms with Crippen LogP contribution in [0.25, 0.3) is 0 Å². The van der Waals surface area contributed by atoms with Crippen molar-refractivity contribution in [2.45, 2.75) is 122 Å². The highest BCUT2D eigenvalue weighted by atomic mass is 31.2. The van der Waals surface area contributed by atoms with E-state index in [9.17, 15) is 9.46 Å². The lowest BCUT2D eigenvalue weighted by Gasteiger charge is -2.24. The summed E-state index contributed by atoms with van der Waals surface area (Å²) in [7, 11) is 0.0765. The lowest BCUT2D eigenvalue weighted by atomic mass is 10.0. The Balaban J connectivity index is 1.59. The molecule has 1 aliphatic rings. The highest BCUT2D eigenvalue weighted by Crippen LogP contribution is 2.43. The third-order valence-electron chi connectivity index (χ3n) is 8.18. The number of allylic oxidation sites excluding steroid dienone is 1. The van der Waals surface area contributed by atoms with Crippen molar-refractivity contribution in [2.75, 3.05) is 47.1 Å². The van der Waals surface area contributed by atoms with E-state index in [0.717, 1.165) is 42.3 Å². The Morgan fingerprint density at radius 3 is 2.02 bits per heavy atom. The molecule has 1 aliphatic heterocycles. The van der Waals surface area contributed by atoms with Gasteiger partial charge in [0.15, 0.2) is 0 Å². The zero-order valence-electron chi connectivity index (χ0n) is 27.0. The molecule has 2 unspecified atom stereocenters. The molecule has 2 rings (SSSR count). The number of hydrogen-bond donors (Lipinski definition) is 1. The van der Waals surface area contributed by atoms with Crippen LogP contribution in [0.3, 0.4) is 0 Å². The van der Waals surface area contributed by atoms with Gasteiger partial charge in [-0.25, -0.2) is 4.57 Å². The molecule has 0 spiro atoms. The predicted molar refractivity (Wildman–Crippen MR) is 172 cm³/mol. The van der Waals surface area contributed by atoms with Crippen molar-refractivity contribution < 1.29 is 32.5 Å². The number of quaternary nitrogens is 1. The molecule has 42 heavy (non-hydrogen) atoms. The first kappa shape index (κ1) is 37.1. The number of ether oxygens (including phenoxy) is 2. The summed E-state index contributed by atoms with van der Waals surface area (Å²) >= 11 is 0. The summed E-state index contributed by atoms with van der Waals surface area (Å²) in [6, 6.07) is 9.87. The molecule has 242 valence electrons. The van der Waals surface area contributed by atoms with E-state index in [1.807, 2.05) is 36.4 Å². The van der Waals surface area contributed by atoms with Gasteiger partial charge in [0.05, 0.1) is 47.1 Å². The fourth-order valence-electron chi connectivity index (χ4n) is 5.44. The molecular formula is C34H61NO6P+. The van der Waals surface area contributed by atoms with E-state index in [-0.39, 0.29) is 13.2 Å². The van der Waals surface area contributed by atoms with Gasteiger partial charge in [-0.3, -0.25) is 13.5 Å². The summed E-state index contributed by atoms with van der Waals surface area (Å²) in [6.07, 6.45) is 22.1. The van der Waals surface area contributed by atoms with Crippen molar-refractivity contribution in [1.82, 2.24) is 0 Å². The first-order valence-electron chi connectivity index (χ1n) is 16.7. The van der Waals surface area contributed by atoms with E-state index in [1.165, 1.54) is 82.7 Å². The zero-order valence-corrected chi connectivity index (χ0v) is 27.9. The molecule has 1 fully saturated rings. The maximum Gasteiger partial charge on any atom is 0.472 e. The highest BCUT2D eigenvalue weighted by molar-refractivity contribution is 7.47. The minimum Gasteiger partial charge on any atom is -0.379 e. The quantitative estimate of drug-likeness (QED) is 0.0641. The summed E-state index contributed by atoms with van der Waals surface area (Å²) in [5.41, 5.74) is 2.25. The van der Waals surface area contributed by atoms with Crippen LogP contribution >= 0.6 is 7.82 Å². The number of rotatable bonds is 26. The molecule has 0 saturated carbocycles. The van der Waals surface area contributed by atoms with E-state index in [1.54, 1.807) is 0 Å². The van der Waals surface area contributed by atoms with Crippen LogP contribution in [0.4, 0.5) is 0 Å². The summed E-state index contributed by atoms with van der Waals surface area (Å²) in [5, 5.41) is 0. The molecule has 8 heteroatoms. The average molecular weight is 611 g/mol. The Morgan fingerprint density at radius 2 is 1.45 bits per heavy atom. The van der Waals surface area contributed by atoms with Crippen LogP contribution in [0, 0.1) is 0 Å². The molecule has 1 N–H and O–H groups in total. The van der Waals surface area contributed by atoms with Crippen LogP contribution in [0.15, 0.2) is 42.1 Å². The molecule has 0 radical (unpaired) electrons. The Morgan fingerprint density at radius 1 is 0.857 bits per heavy atom. The van der Waals surface area contributed by atoms with Gasteiger partial charge in [-0.15, -0.1) is 0 Å². The Bertz CT molecular complexity index is 878. The molecule has 1 heterocycles. The van der Waals surface area contributed by atoms with Crippen molar-refractivity contribution >= 4 is 7.82 Å². The van der Waals surface area contributed by atoms with Gasteiger partial charge in [0.2, 0.25) is 0 Å². The molecule has 1 aromatic carbocycles. The van der Waals surface area contributed by atoms with Gasteiger partial charge in [-0.05, 0) is 18.1 Å². The van der Waals surface area contributed by atoms with Crippen molar-refractivity contribution in [2.24, 2.45) is 0 Å². The molecule has 1 aromatic rings. The first-order chi connectivity index (χ1) is 20.3. The maximum atomic E-state index is 12.5. The Hall–Kier alpha value is -1.05. The number of likely N-dealkylation sites (tertiary alicyclic amines) is 1. The summed E-state index contributed by atoms with van der Waals surface area (Å²) in [5.74, 6) is 0. The maximum absolute atomic E-state index is 12.5.